The van der Waals surface area contributed by atoms with E-state index in [1.165, 1.54) is 5.54 Å². The van der Waals surface area contributed by atoms with Crippen molar-refractivity contribution >= 4 is 49.4 Å². The molecular formula is C18H19Br2ClO2. The van der Waals surface area contributed by atoms with Crippen LogP contribution in [-0.4, -0.2) is 11.1 Å². The van der Waals surface area contributed by atoms with Gasteiger partial charge in [-0.1, -0.05) is 61.9 Å². The van der Waals surface area contributed by atoms with Crippen molar-refractivity contribution in [3.8, 4) is 0 Å². The van der Waals surface area contributed by atoms with Crippen LogP contribution < -0.4 is 0 Å². The summed E-state index contributed by atoms with van der Waals surface area (Å²) in [7, 11) is 0. The Labute approximate surface area is 158 Å². The Morgan fingerprint density at radius 3 is 2.30 bits per heavy atom. The molecule has 2 nitrogen and oxygen atoms in total. The highest BCUT2D eigenvalue weighted by molar-refractivity contribution is 9.28. The molecule has 5 heteroatoms. The van der Waals surface area contributed by atoms with Gasteiger partial charge in [0.1, 0.15) is 0 Å². The lowest BCUT2D eigenvalue weighted by molar-refractivity contribution is -0.145. The third kappa shape index (κ3) is 3.59. The van der Waals surface area contributed by atoms with Crippen molar-refractivity contribution in [3.05, 3.63) is 56.5 Å². The topological polar surface area (TPSA) is 37.3 Å². The average Bonchev–Trinajstić information content (AvgIpc) is 2.94. The average molecular weight is 463 g/mol. The quantitative estimate of drug-likeness (QED) is 0.573. The van der Waals surface area contributed by atoms with Crippen LogP contribution in [-0.2, 0) is 17.6 Å². The highest BCUT2D eigenvalue weighted by Gasteiger charge is 2.74. The third-order valence-electron chi connectivity index (χ3n) is 5.00. The molecule has 2 unspecified atom stereocenters. The molecule has 0 saturated heterocycles. The Balaban J connectivity index is 2.25. The molecule has 0 heterocycles. The lowest BCUT2D eigenvalue weighted by atomic mass is 9.88. The summed E-state index contributed by atoms with van der Waals surface area (Å²) in [6.45, 7) is 4.04. The summed E-state index contributed by atoms with van der Waals surface area (Å²) in [5.74, 6) is -0.751. The first-order valence-corrected chi connectivity index (χ1v) is 9.37. The predicted molar refractivity (Wildman–Crippen MR) is 102 cm³/mol. The molecule has 0 aromatic heterocycles. The molecule has 2 rings (SSSR count). The fourth-order valence-corrected chi connectivity index (χ4v) is 4.11. The molecule has 1 aromatic rings. The Kier molecular flexibility index (Phi) is 5.81. The monoisotopic (exact) mass is 460 g/mol. The van der Waals surface area contributed by atoms with Gasteiger partial charge < -0.3 is 5.11 Å². The van der Waals surface area contributed by atoms with Gasteiger partial charge in [0.2, 0.25) is 0 Å². The van der Waals surface area contributed by atoms with Crippen LogP contribution in [0.5, 0.6) is 0 Å². The lowest BCUT2D eigenvalue weighted by Crippen LogP contribution is -2.24. The largest absolute Gasteiger partial charge is 0.481 e. The van der Waals surface area contributed by atoms with Crippen LogP contribution in [0.15, 0.2) is 45.3 Å². The highest BCUT2D eigenvalue weighted by atomic mass is 79.9. The summed E-state index contributed by atoms with van der Waals surface area (Å²) in [6.07, 6.45) is 5.14. The number of allylic oxidation sites excluding steroid dienone is 2. The number of benzene rings is 1. The third-order valence-corrected chi connectivity index (χ3v) is 5.70. The Morgan fingerprint density at radius 1 is 1.26 bits per heavy atom. The van der Waals surface area contributed by atoms with Crippen LogP contribution in [0.3, 0.4) is 0 Å². The molecule has 1 aliphatic rings. The van der Waals surface area contributed by atoms with Gasteiger partial charge >= 0.3 is 5.97 Å². The van der Waals surface area contributed by atoms with Crippen LogP contribution in [0.1, 0.15) is 25.0 Å². The first-order chi connectivity index (χ1) is 10.8. The van der Waals surface area contributed by atoms with E-state index >= 15 is 0 Å². The van der Waals surface area contributed by atoms with Crippen LogP contribution in [0.25, 0.3) is 0 Å². The zero-order chi connectivity index (χ0) is 17.3. The number of carbonyl (C=O) groups is 1. The van der Waals surface area contributed by atoms with E-state index in [1.54, 1.807) is 0 Å². The van der Waals surface area contributed by atoms with Crippen molar-refractivity contribution in [3.63, 3.8) is 0 Å². The molecule has 0 bridgehead atoms. The van der Waals surface area contributed by atoms with Gasteiger partial charge in [-0.15, -0.1) is 0 Å². The number of carboxylic acids is 1. The molecule has 1 aromatic carbocycles. The second kappa shape index (κ2) is 7.12. The normalized spacial score (nSPS) is 25.3. The minimum Gasteiger partial charge on any atom is -0.481 e. The Morgan fingerprint density at radius 2 is 1.83 bits per heavy atom. The summed E-state index contributed by atoms with van der Waals surface area (Å²) in [5, 5.41) is 9.87. The van der Waals surface area contributed by atoms with Crippen molar-refractivity contribution in [2.45, 2.75) is 26.7 Å². The summed E-state index contributed by atoms with van der Waals surface area (Å²) < 4.78 is 0.800. The molecule has 0 spiro atoms. The molecular weight excluding hydrogens is 443 g/mol. The van der Waals surface area contributed by atoms with Crippen molar-refractivity contribution in [1.29, 1.82) is 0 Å². The smallest absolute Gasteiger partial charge is 0.311 e. The fraction of sp³-hybridized carbons (Fsp3) is 0.389. The molecule has 1 N–H and O–H groups in total. The van der Waals surface area contributed by atoms with Crippen molar-refractivity contribution in [2.75, 3.05) is 0 Å². The molecule has 1 fully saturated rings. The van der Waals surface area contributed by atoms with E-state index < -0.39 is 11.4 Å². The van der Waals surface area contributed by atoms with E-state index in [9.17, 15) is 9.90 Å². The standard InChI is InChI=1S/C18H19Br2ClO2/c1-17(2)14(10-15(19)20)18(17,16(22)23)11-13-7-5-12(6-8-13)4-3-9-21/h3,5-10,14H,4,11H2,1-2H3,(H,22,23). The van der Waals surface area contributed by atoms with E-state index in [-0.39, 0.29) is 11.3 Å². The molecule has 124 valence electrons. The fourth-order valence-electron chi connectivity index (χ4n) is 3.49. The van der Waals surface area contributed by atoms with Gasteiger partial charge in [0.15, 0.2) is 0 Å². The predicted octanol–water partition coefficient (Wildman–Crippen LogP) is 5.88. The molecule has 0 amide bonds. The minimum absolute atomic E-state index is 0.0138. The summed E-state index contributed by atoms with van der Waals surface area (Å²) in [5.41, 5.74) is 2.66. The molecule has 1 aliphatic carbocycles. The van der Waals surface area contributed by atoms with Gasteiger partial charge in [0, 0.05) is 11.5 Å². The first-order valence-electron chi connectivity index (χ1n) is 7.35. The van der Waals surface area contributed by atoms with Crippen molar-refractivity contribution in [1.82, 2.24) is 0 Å². The summed E-state index contributed by atoms with van der Waals surface area (Å²) in [4.78, 5) is 12.0. The number of halogens is 3. The van der Waals surface area contributed by atoms with Crippen LogP contribution >= 0.6 is 43.5 Å². The van der Waals surface area contributed by atoms with Crippen molar-refractivity contribution < 1.29 is 9.90 Å². The highest BCUT2D eigenvalue weighted by Crippen LogP contribution is 2.71. The maximum Gasteiger partial charge on any atom is 0.311 e. The van der Waals surface area contributed by atoms with E-state index in [2.05, 4.69) is 31.9 Å². The second-order valence-electron chi connectivity index (χ2n) is 6.49. The number of rotatable bonds is 6. The maximum atomic E-state index is 12.0. The number of aliphatic carboxylic acids is 1. The zero-order valence-electron chi connectivity index (χ0n) is 13.0. The van der Waals surface area contributed by atoms with Crippen molar-refractivity contribution in [2.24, 2.45) is 16.7 Å². The first kappa shape index (κ1) is 18.8. The summed E-state index contributed by atoms with van der Waals surface area (Å²) >= 11 is 12.3. The van der Waals surface area contributed by atoms with Crippen LogP contribution in [0, 0.1) is 16.7 Å². The Hall–Kier alpha value is -0.580. The molecule has 1 saturated carbocycles. The number of carboxylic acid groups (broad SMARTS) is 1. The van der Waals surface area contributed by atoms with Gasteiger partial charge in [-0.2, -0.15) is 0 Å². The van der Waals surface area contributed by atoms with Gasteiger partial charge in [-0.3, -0.25) is 4.79 Å². The maximum absolute atomic E-state index is 12.0. The number of hydrogen-bond acceptors (Lipinski definition) is 1. The molecule has 23 heavy (non-hydrogen) atoms. The van der Waals surface area contributed by atoms with Gasteiger partial charge in [-0.25, -0.2) is 0 Å². The van der Waals surface area contributed by atoms with E-state index in [0.717, 1.165) is 20.9 Å². The summed E-state index contributed by atoms with van der Waals surface area (Å²) in [6, 6.07) is 8.09. The van der Waals surface area contributed by atoms with E-state index in [0.29, 0.717) is 6.42 Å². The lowest BCUT2D eigenvalue weighted by Gasteiger charge is -2.16. The SMILES string of the molecule is CC1(C)C(C=C(Br)Br)C1(Cc1ccc(CC=CCl)cc1)C(=O)O. The van der Waals surface area contributed by atoms with Gasteiger partial charge in [0.25, 0.3) is 0 Å². The second-order valence-corrected chi connectivity index (χ2v) is 9.52. The van der Waals surface area contributed by atoms with Crippen LogP contribution in [0.2, 0.25) is 0 Å². The van der Waals surface area contributed by atoms with E-state index in [1.807, 2.05) is 50.3 Å². The van der Waals surface area contributed by atoms with Gasteiger partial charge in [-0.05, 0) is 61.2 Å². The zero-order valence-corrected chi connectivity index (χ0v) is 17.0. The molecule has 0 aliphatic heterocycles. The van der Waals surface area contributed by atoms with Crippen LogP contribution in [0.4, 0.5) is 0 Å². The molecule has 0 radical (unpaired) electrons. The van der Waals surface area contributed by atoms with Gasteiger partial charge in [0.05, 0.1) is 8.81 Å². The number of hydrogen-bond donors (Lipinski definition) is 1. The van der Waals surface area contributed by atoms with E-state index in [4.69, 9.17) is 11.6 Å². The molecule has 2 atom stereocenters. The Bertz CT molecular complexity index is 645. The minimum atomic E-state index is -0.767.